The third kappa shape index (κ3) is 7.31. The first-order valence-corrected chi connectivity index (χ1v) is 11.4. The Balaban J connectivity index is 1.56. The van der Waals surface area contributed by atoms with E-state index in [0.29, 0.717) is 17.9 Å². The topological polar surface area (TPSA) is 103 Å². The van der Waals surface area contributed by atoms with Gasteiger partial charge in [0, 0.05) is 42.2 Å². The van der Waals surface area contributed by atoms with E-state index in [4.69, 9.17) is 22.0 Å². The summed E-state index contributed by atoms with van der Waals surface area (Å²) >= 11 is 0. The summed E-state index contributed by atoms with van der Waals surface area (Å²) in [6, 6.07) is 13.9. The number of hydrazine groups is 1. The summed E-state index contributed by atoms with van der Waals surface area (Å²) in [4.78, 5) is 0. The number of aryl methyl sites for hydroxylation is 2. The molecule has 0 aliphatic carbocycles. The Labute approximate surface area is 197 Å². The monoisotopic (exact) mass is 445 g/mol. The standard InChI is InChI=1S/C27H35N5O/c1-20-8-3-4-11-24(20)27(29)19-32(30)14-7-9-22-12-13-25(21(2)16-22)26(28)18-31-17-23-10-5-6-15-33-23/h3-4,8,11-13,16,18-19,23,31H,5-6,10,14-15,17,28-30H2,1-2H3/b26-18-,27-19-. The molecular weight excluding hydrogens is 410 g/mol. The molecule has 174 valence electrons. The maximum Gasteiger partial charge on any atom is 0.0948 e. The fraction of sp³-hybridized carbons (Fsp3) is 0.333. The highest BCUT2D eigenvalue weighted by molar-refractivity contribution is 5.66. The van der Waals surface area contributed by atoms with Gasteiger partial charge in [-0.2, -0.15) is 0 Å². The van der Waals surface area contributed by atoms with E-state index in [1.807, 2.05) is 62.5 Å². The largest absolute Gasteiger partial charge is 0.397 e. The van der Waals surface area contributed by atoms with Gasteiger partial charge >= 0.3 is 0 Å². The van der Waals surface area contributed by atoms with Crippen molar-refractivity contribution in [1.29, 1.82) is 0 Å². The van der Waals surface area contributed by atoms with Crippen molar-refractivity contribution in [2.24, 2.45) is 17.3 Å². The number of nitrogens with one attached hydrogen (secondary N) is 1. The number of rotatable bonds is 7. The number of hydrogen-bond acceptors (Lipinski definition) is 6. The first-order chi connectivity index (χ1) is 15.9. The van der Waals surface area contributed by atoms with Crippen LogP contribution >= 0.6 is 0 Å². The molecule has 1 aliphatic rings. The predicted octanol–water partition coefficient (Wildman–Crippen LogP) is 3.20. The summed E-state index contributed by atoms with van der Waals surface area (Å²) in [7, 11) is 0. The molecular formula is C27H35N5O. The molecule has 7 N–H and O–H groups in total. The van der Waals surface area contributed by atoms with Gasteiger partial charge in [0.2, 0.25) is 0 Å². The second-order valence-electron chi connectivity index (χ2n) is 8.40. The minimum absolute atomic E-state index is 0.269. The number of ether oxygens (including phenoxy) is 1. The van der Waals surface area contributed by atoms with Crippen LogP contribution in [0, 0.1) is 25.7 Å². The molecule has 6 nitrogen and oxygen atoms in total. The molecule has 0 saturated carbocycles. The Bertz CT molecular complexity index is 1060. The molecule has 0 aromatic heterocycles. The SMILES string of the molecule is Cc1ccccc1/C(N)=C/N(N)CC#Cc1ccc(/C(N)=C/NCC2CCCCO2)c(C)c1. The van der Waals surface area contributed by atoms with Crippen LogP contribution in [0.1, 0.15) is 47.1 Å². The number of nitrogens with zero attached hydrogens (tertiary/aromatic N) is 1. The van der Waals surface area contributed by atoms with Gasteiger partial charge in [0.25, 0.3) is 0 Å². The van der Waals surface area contributed by atoms with Gasteiger partial charge in [-0.3, -0.25) is 0 Å². The first kappa shape index (κ1) is 24.2. The number of nitrogens with two attached hydrogens (primary N) is 3. The molecule has 1 atom stereocenters. The van der Waals surface area contributed by atoms with Crippen molar-refractivity contribution in [1.82, 2.24) is 10.3 Å². The molecule has 0 amide bonds. The lowest BCUT2D eigenvalue weighted by Gasteiger charge is -2.22. The molecule has 1 heterocycles. The molecule has 0 bridgehead atoms. The molecule has 33 heavy (non-hydrogen) atoms. The highest BCUT2D eigenvalue weighted by Gasteiger charge is 2.12. The van der Waals surface area contributed by atoms with Gasteiger partial charge in [0.15, 0.2) is 0 Å². The van der Waals surface area contributed by atoms with Gasteiger partial charge in [0.05, 0.1) is 24.0 Å². The van der Waals surface area contributed by atoms with Crippen LogP contribution in [0.4, 0.5) is 0 Å². The molecule has 1 saturated heterocycles. The maximum absolute atomic E-state index is 6.29. The summed E-state index contributed by atoms with van der Waals surface area (Å²) in [6.45, 7) is 6.05. The van der Waals surface area contributed by atoms with E-state index in [1.165, 1.54) is 11.4 Å². The van der Waals surface area contributed by atoms with Crippen molar-refractivity contribution in [2.75, 3.05) is 19.7 Å². The van der Waals surface area contributed by atoms with Crippen LogP contribution in [0.25, 0.3) is 11.4 Å². The molecule has 3 rings (SSSR count). The Kier molecular flexibility index (Phi) is 8.82. The lowest BCUT2D eigenvalue weighted by atomic mass is 10.0. The minimum atomic E-state index is 0.269. The lowest BCUT2D eigenvalue weighted by Crippen LogP contribution is -2.29. The zero-order valence-electron chi connectivity index (χ0n) is 19.6. The second-order valence-corrected chi connectivity index (χ2v) is 8.40. The molecule has 2 aromatic carbocycles. The Morgan fingerprint density at radius 3 is 2.61 bits per heavy atom. The Morgan fingerprint density at radius 1 is 1.09 bits per heavy atom. The van der Waals surface area contributed by atoms with Crippen LogP contribution in [0.15, 0.2) is 54.9 Å². The number of hydrogen-bond donors (Lipinski definition) is 4. The third-order valence-corrected chi connectivity index (χ3v) is 5.67. The molecule has 6 heteroatoms. The maximum atomic E-state index is 6.29. The molecule has 0 radical (unpaired) electrons. The van der Waals surface area contributed by atoms with E-state index >= 15 is 0 Å². The highest BCUT2D eigenvalue weighted by atomic mass is 16.5. The zero-order valence-corrected chi connectivity index (χ0v) is 19.6. The van der Waals surface area contributed by atoms with Crippen LogP contribution in [0.5, 0.6) is 0 Å². The average Bonchev–Trinajstić information content (AvgIpc) is 2.80. The number of benzene rings is 2. The van der Waals surface area contributed by atoms with Crippen molar-refractivity contribution in [3.8, 4) is 11.8 Å². The Hall–Kier alpha value is -3.40. The fourth-order valence-corrected chi connectivity index (χ4v) is 3.84. The summed E-state index contributed by atoms with van der Waals surface area (Å²) in [5.74, 6) is 12.3. The quantitative estimate of drug-likeness (QED) is 0.297. The molecule has 1 aliphatic heterocycles. The first-order valence-electron chi connectivity index (χ1n) is 11.4. The van der Waals surface area contributed by atoms with Crippen molar-refractivity contribution < 1.29 is 4.74 Å². The van der Waals surface area contributed by atoms with Crippen LogP contribution in [0.2, 0.25) is 0 Å². The summed E-state index contributed by atoms with van der Waals surface area (Å²) in [5.41, 5.74) is 18.8. The van der Waals surface area contributed by atoms with E-state index in [0.717, 1.165) is 53.8 Å². The van der Waals surface area contributed by atoms with Gasteiger partial charge in [-0.15, -0.1) is 0 Å². The van der Waals surface area contributed by atoms with Gasteiger partial charge in [-0.25, -0.2) is 5.84 Å². The van der Waals surface area contributed by atoms with Crippen molar-refractivity contribution >= 4 is 11.4 Å². The summed E-state index contributed by atoms with van der Waals surface area (Å²) in [5, 5.41) is 4.80. The molecule has 1 unspecified atom stereocenters. The third-order valence-electron chi connectivity index (χ3n) is 5.67. The summed E-state index contributed by atoms with van der Waals surface area (Å²) in [6.07, 6.45) is 7.33. The molecule has 2 aromatic rings. The van der Waals surface area contributed by atoms with E-state index in [9.17, 15) is 0 Å². The Morgan fingerprint density at radius 2 is 1.88 bits per heavy atom. The van der Waals surface area contributed by atoms with E-state index in [1.54, 1.807) is 6.20 Å². The van der Waals surface area contributed by atoms with Gasteiger partial charge in [-0.05, 0) is 56.4 Å². The van der Waals surface area contributed by atoms with Gasteiger partial charge in [0.1, 0.15) is 0 Å². The van der Waals surface area contributed by atoms with Crippen molar-refractivity contribution in [3.63, 3.8) is 0 Å². The predicted molar refractivity (Wildman–Crippen MR) is 136 cm³/mol. The minimum Gasteiger partial charge on any atom is -0.397 e. The molecule has 0 spiro atoms. The second kappa shape index (κ2) is 12.0. The lowest BCUT2D eigenvalue weighted by molar-refractivity contribution is 0.0188. The highest BCUT2D eigenvalue weighted by Crippen LogP contribution is 2.17. The smallest absolute Gasteiger partial charge is 0.0948 e. The van der Waals surface area contributed by atoms with Crippen LogP contribution in [0.3, 0.4) is 0 Å². The average molecular weight is 446 g/mol. The van der Waals surface area contributed by atoms with Crippen molar-refractivity contribution in [2.45, 2.75) is 39.2 Å². The van der Waals surface area contributed by atoms with Crippen LogP contribution in [-0.4, -0.2) is 30.8 Å². The van der Waals surface area contributed by atoms with E-state index < -0.39 is 0 Å². The summed E-state index contributed by atoms with van der Waals surface area (Å²) < 4.78 is 5.74. The van der Waals surface area contributed by atoms with Crippen LogP contribution in [-0.2, 0) is 4.74 Å². The normalized spacial score (nSPS) is 16.6. The van der Waals surface area contributed by atoms with Gasteiger partial charge < -0.3 is 26.5 Å². The van der Waals surface area contributed by atoms with Crippen molar-refractivity contribution in [3.05, 3.63) is 82.7 Å². The van der Waals surface area contributed by atoms with Gasteiger partial charge in [-0.1, -0.05) is 42.2 Å². The molecule has 1 fully saturated rings. The van der Waals surface area contributed by atoms with Crippen LogP contribution < -0.4 is 22.6 Å². The zero-order chi connectivity index (χ0) is 23.6. The van der Waals surface area contributed by atoms with E-state index in [-0.39, 0.29) is 6.10 Å². The fourth-order valence-electron chi connectivity index (χ4n) is 3.84. The van der Waals surface area contributed by atoms with E-state index in [2.05, 4.69) is 17.2 Å².